The summed E-state index contributed by atoms with van der Waals surface area (Å²) in [6.45, 7) is 5.59. The maximum atomic E-state index is 9.84. The average Bonchev–Trinajstić information content (AvgIpc) is 2.62. The highest BCUT2D eigenvalue weighted by Gasteiger charge is 2.31. The topological polar surface area (TPSA) is 35.5 Å². The Labute approximate surface area is 120 Å². The molecule has 19 heavy (non-hydrogen) atoms. The van der Waals surface area contributed by atoms with E-state index in [1.807, 2.05) is 24.3 Å². The second-order valence-electron chi connectivity index (χ2n) is 5.36. The molecule has 0 bridgehead atoms. The van der Waals surface area contributed by atoms with Gasteiger partial charge in [0.2, 0.25) is 0 Å². The molecule has 0 aliphatic carbocycles. The van der Waals surface area contributed by atoms with Crippen LogP contribution < -0.4 is 5.32 Å². The molecule has 106 valence electrons. The Morgan fingerprint density at radius 2 is 2.21 bits per heavy atom. The van der Waals surface area contributed by atoms with Crippen LogP contribution in [0.2, 0.25) is 5.02 Å². The smallest absolute Gasteiger partial charge is 0.0662 e. The zero-order chi connectivity index (χ0) is 13.7. The Kier molecular flexibility index (Phi) is 5.08. The van der Waals surface area contributed by atoms with E-state index in [2.05, 4.69) is 17.1 Å². The van der Waals surface area contributed by atoms with Crippen LogP contribution in [-0.2, 0) is 0 Å². The standard InChI is InChI=1S/C15H23ClN2O/c1-2-18-9-4-7-15(12-19,8-10-18)17-14-6-3-5-13(16)11-14/h3,5-6,11,17,19H,2,4,7-10,12H2,1H3. The van der Waals surface area contributed by atoms with Crippen molar-refractivity contribution in [3.63, 3.8) is 0 Å². The molecule has 2 N–H and O–H groups in total. The van der Waals surface area contributed by atoms with E-state index in [1.165, 1.54) is 0 Å². The number of hydrogen-bond acceptors (Lipinski definition) is 3. The molecule has 1 unspecified atom stereocenters. The monoisotopic (exact) mass is 282 g/mol. The van der Waals surface area contributed by atoms with Gasteiger partial charge in [0.15, 0.2) is 0 Å². The third-order valence-electron chi connectivity index (χ3n) is 4.02. The van der Waals surface area contributed by atoms with Crippen LogP contribution >= 0.6 is 11.6 Å². The summed E-state index contributed by atoms with van der Waals surface area (Å²) in [7, 11) is 0. The zero-order valence-electron chi connectivity index (χ0n) is 11.5. The second-order valence-corrected chi connectivity index (χ2v) is 5.80. The predicted octanol–water partition coefficient (Wildman–Crippen LogP) is 2.99. The first-order valence-corrected chi connectivity index (χ1v) is 7.42. The van der Waals surface area contributed by atoms with Gasteiger partial charge < -0.3 is 15.3 Å². The fourth-order valence-electron chi connectivity index (χ4n) is 2.76. The summed E-state index contributed by atoms with van der Waals surface area (Å²) in [5.74, 6) is 0. The van der Waals surface area contributed by atoms with Crippen LogP contribution in [0.3, 0.4) is 0 Å². The molecule has 0 aromatic heterocycles. The van der Waals surface area contributed by atoms with Gasteiger partial charge in [-0.1, -0.05) is 24.6 Å². The van der Waals surface area contributed by atoms with Gasteiger partial charge in [0.05, 0.1) is 12.1 Å². The maximum Gasteiger partial charge on any atom is 0.0662 e. The van der Waals surface area contributed by atoms with Gasteiger partial charge in [-0.2, -0.15) is 0 Å². The van der Waals surface area contributed by atoms with Gasteiger partial charge in [-0.15, -0.1) is 0 Å². The van der Waals surface area contributed by atoms with Crippen LogP contribution in [0.5, 0.6) is 0 Å². The first-order valence-electron chi connectivity index (χ1n) is 7.04. The van der Waals surface area contributed by atoms with Crippen LogP contribution in [0.25, 0.3) is 0 Å². The molecular formula is C15H23ClN2O. The molecule has 0 radical (unpaired) electrons. The number of aliphatic hydroxyl groups is 1. The number of benzene rings is 1. The highest BCUT2D eigenvalue weighted by Crippen LogP contribution is 2.28. The summed E-state index contributed by atoms with van der Waals surface area (Å²) >= 11 is 6.02. The van der Waals surface area contributed by atoms with E-state index in [-0.39, 0.29) is 12.1 Å². The molecule has 2 rings (SSSR count). The summed E-state index contributed by atoms with van der Waals surface area (Å²) in [6.07, 6.45) is 3.07. The van der Waals surface area contributed by atoms with Gasteiger partial charge in [0.25, 0.3) is 0 Å². The molecule has 1 aliphatic heterocycles. The van der Waals surface area contributed by atoms with Crippen LogP contribution in [-0.4, -0.2) is 41.8 Å². The molecule has 0 saturated carbocycles. The second kappa shape index (κ2) is 6.60. The van der Waals surface area contributed by atoms with Gasteiger partial charge in [-0.05, 0) is 50.6 Å². The first kappa shape index (κ1) is 14.6. The van der Waals surface area contributed by atoms with Gasteiger partial charge >= 0.3 is 0 Å². The number of nitrogens with one attached hydrogen (secondary N) is 1. The van der Waals surface area contributed by atoms with E-state index >= 15 is 0 Å². The Morgan fingerprint density at radius 3 is 2.89 bits per heavy atom. The minimum absolute atomic E-state index is 0.164. The Bertz CT molecular complexity index is 413. The molecule has 1 heterocycles. The highest BCUT2D eigenvalue weighted by atomic mass is 35.5. The number of aliphatic hydroxyl groups excluding tert-OH is 1. The fourth-order valence-corrected chi connectivity index (χ4v) is 2.95. The third-order valence-corrected chi connectivity index (χ3v) is 4.26. The number of anilines is 1. The number of rotatable bonds is 4. The van der Waals surface area contributed by atoms with Gasteiger partial charge in [0.1, 0.15) is 0 Å². The first-order chi connectivity index (χ1) is 9.17. The molecule has 1 aromatic carbocycles. The van der Waals surface area contributed by atoms with Crippen molar-refractivity contribution in [2.45, 2.75) is 31.7 Å². The van der Waals surface area contributed by atoms with Crippen molar-refractivity contribution < 1.29 is 5.11 Å². The molecule has 4 heteroatoms. The van der Waals surface area contributed by atoms with Crippen LogP contribution in [0.1, 0.15) is 26.2 Å². The summed E-state index contributed by atoms with van der Waals surface area (Å²) in [6, 6.07) is 7.72. The average molecular weight is 283 g/mol. The SMILES string of the molecule is CCN1CCCC(CO)(Nc2cccc(Cl)c2)CC1. The van der Waals surface area contributed by atoms with Crippen molar-refractivity contribution in [3.05, 3.63) is 29.3 Å². The van der Waals surface area contributed by atoms with Crippen molar-refractivity contribution in [2.75, 3.05) is 31.6 Å². The van der Waals surface area contributed by atoms with Crippen LogP contribution in [0, 0.1) is 0 Å². The maximum absolute atomic E-state index is 9.84. The van der Waals surface area contributed by atoms with Crippen molar-refractivity contribution >= 4 is 17.3 Å². The van der Waals surface area contributed by atoms with Gasteiger partial charge in [0, 0.05) is 17.3 Å². The Hall–Kier alpha value is -0.770. The Morgan fingerprint density at radius 1 is 1.37 bits per heavy atom. The quantitative estimate of drug-likeness (QED) is 0.891. The summed E-state index contributed by atoms with van der Waals surface area (Å²) in [5.41, 5.74) is 0.778. The number of likely N-dealkylation sites (tertiary alicyclic amines) is 1. The predicted molar refractivity (Wildman–Crippen MR) is 80.9 cm³/mol. The molecule has 0 spiro atoms. The highest BCUT2D eigenvalue weighted by molar-refractivity contribution is 6.30. The number of hydrogen-bond donors (Lipinski definition) is 2. The molecular weight excluding hydrogens is 260 g/mol. The van der Waals surface area contributed by atoms with Gasteiger partial charge in [-0.3, -0.25) is 0 Å². The molecule has 3 nitrogen and oxygen atoms in total. The fraction of sp³-hybridized carbons (Fsp3) is 0.600. The number of halogens is 1. The largest absolute Gasteiger partial charge is 0.394 e. The van der Waals surface area contributed by atoms with E-state index in [0.717, 1.165) is 49.6 Å². The lowest BCUT2D eigenvalue weighted by molar-refractivity contribution is 0.193. The molecule has 0 amide bonds. The summed E-state index contributed by atoms with van der Waals surface area (Å²) in [4.78, 5) is 2.44. The van der Waals surface area contributed by atoms with E-state index in [4.69, 9.17) is 11.6 Å². The lowest BCUT2D eigenvalue weighted by atomic mass is 9.91. The van der Waals surface area contributed by atoms with Crippen LogP contribution in [0.15, 0.2) is 24.3 Å². The molecule has 1 saturated heterocycles. The summed E-state index contributed by atoms with van der Waals surface area (Å²) in [5, 5.41) is 14.1. The number of nitrogens with zero attached hydrogens (tertiary/aromatic N) is 1. The zero-order valence-corrected chi connectivity index (χ0v) is 12.3. The third kappa shape index (κ3) is 3.85. The van der Waals surface area contributed by atoms with Crippen LogP contribution in [0.4, 0.5) is 5.69 Å². The summed E-state index contributed by atoms with van der Waals surface area (Å²) < 4.78 is 0. The molecule has 1 atom stereocenters. The molecule has 1 aromatic rings. The van der Waals surface area contributed by atoms with E-state index in [9.17, 15) is 5.11 Å². The molecule has 1 aliphatic rings. The van der Waals surface area contributed by atoms with Crippen molar-refractivity contribution in [1.82, 2.24) is 4.90 Å². The van der Waals surface area contributed by atoms with Gasteiger partial charge in [-0.25, -0.2) is 0 Å². The minimum atomic E-state index is -0.214. The lowest BCUT2D eigenvalue weighted by Gasteiger charge is -2.33. The lowest BCUT2D eigenvalue weighted by Crippen LogP contribution is -2.43. The minimum Gasteiger partial charge on any atom is -0.394 e. The Balaban J connectivity index is 2.09. The van der Waals surface area contributed by atoms with Crippen molar-refractivity contribution in [1.29, 1.82) is 0 Å². The van der Waals surface area contributed by atoms with Crippen molar-refractivity contribution in [3.8, 4) is 0 Å². The normalized spacial score (nSPS) is 25.0. The van der Waals surface area contributed by atoms with Crippen molar-refractivity contribution in [2.24, 2.45) is 0 Å². The van der Waals surface area contributed by atoms with E-state index in [0.29, 0.717) is 0 Å². The molecule has 1 fully saturated rings. The van der Waals surface area contributed by atoms with E-state index in [1.54, 1.807) is 0 Å². The van der Waals surface area contributed by atoms with E-state index < -0.39 is 0 Å².